The molecule has 1 heterocycles. The zero-order valence-corrected chi connectivity index (χ0v) is 16.2. The molecule has 6 nitrogen and oxygen atoms in total. The highest BCUT2D eigenvalue weighted by Gasteiger charge is 2.22. The van der Waals surface area contributed by atoms with Crippen LogP contribution in [0.2, 0.25) is 0 Å². The fourth-order valence-electron chi connectivity index (χ4n) is 3.02. The predicted molar refractivity (Wildman–Crippen MR) is 108 cm³/mol. The quantitative estimate of drug-likeness (QED) is 0.691. The van der Waals surface area contributed by atoms with Gasteiger partial charge in [-0.15, -0.1) is 0 Å². The van der Waals surface area contributed by atoms with Gasteiger partial charge in [0.05, 0.1) is 0 Å². The summed E-state index contributed by atoms with van der Waals surface area (Å²) in [5, 5.41) is 6.89. The monoisotopic (exact) mass is 377 g/mol. The summed E-state index contributed by atoms with van der Waals surface area (Å²) in [7, 11) is 0. The molecule has 0 unspecified atom stereocenters. The van der Waals surface area contributed by atoms with E-state index in [1.807, 2.05) is 44.2 Å². The Balaban J connectivity index is 1.79. The average Bonchev–Trinajstić information content (AvgIpc) is 3.11. The molecule has 0 radical (unpaired) electrons. The first-order valence-electron chi connectivity index (χ1n) is 9.27. The highest BCUT2D eigenvalue weighted by atomic mass is 16.5. The van der Waals surface area contributed by atoms with E-state index in [0.717, 1.165) is 5.56 Å². The van der Waals surface area contributed by atoms with Gasteiger partial charge < -0.3 is 14.7 Å². The van der Waals surface area contributed by atoms with Crippen molar-refractivity contribution in [2.45, 2.75) is 20.8 Å². The average molecular weight is 377 g/mol. The minimum absolute atomic E-state index is 0.0240. The maximum atomic E-state index is 12.8. The molecule has 3 aromatic rings. The normalized spacial score (nSPS) is 10.5. The highest BCUT2D eigenvalue weighted by Crippen LogP contribution is 2.26. The van der Waals surface area contributed by atoms with Crippen molar-refractivity contribution in [1.29, 1.82) is 0 Å². The number of anilines is 1. The second-order valence-corrected chi connectivity index (χ2v) is 6.34. The summed E-state index contributed by atoms with van der Waals surface area (Å²) in [5.41, 5.74) is 2.90. The molecule has 3 rings (SSSR count). The van der Waals surface area contributed by atoms with Gasteiger partial charge in [-0.2, -0.15) is 0 Å². The van der Waals surface area contributed by atoms with Gasteiger partial charge >= 0.3 is 0 Å². The fraction of sp³-hybridized carbons (Fsp3) is 0.227. The molecule has 0 bridgehead atoms. The third-order valence-electron chi connectivity index (χ3n) is 4.58. The minimum Gasteiger partial charge on any atom is -0.360 e. The molecule has 0 aliphatic rings. The van der Waals surface area contributed by atoms with Gasteiger partial charge in [0, 0.05) is 29.9 Å². The molecular formula is C22H23N3O3. The zero-order chi connectivity index (χ0) is 20.1. The maximum absolute atomic E-state index is 12.8. The van der Waals surface area contributed by atoms with E-state index in [9.17, 15) is 9.59 Å². The first-order chi connectivity index (χ1) is 13.5. The van der Waals surface area contributed by atoms with E-state index in [-0.39, 0.29) is 11.8 Å². The van der Waals surface area contributed by atoms with Gasteiger partial charge in [0.2, 0.25) is 0 Å². The van der Waals surface area contributed by atoms with Crippen LogP contribution in [0.15, 0.2) is 59.1 Å². The Morgan fingerprint density at radius 2 is 1.64 bits per heavy atom. The fourth-order valence-corrected chi connectivity index (χ4v) is 3.02. The Bertz CT molecular complexity index is 958. The van der Waals surface area contributed by atoms with E-state index in [0.29, 0.717) is 41.4 Å². The lowest BCUT2D eigenvalue weighted by molar-refractivity contribution is 0.0773. The Labute approximate surface area is 164 Å². The van der Waals surface area contributed by atoms with Gasteiger partial charge in [0.1, 0.15) is 17.0 Å². The Hall–Kier alpha value is -3.41. The van der Waals surface area contributed by atoms with Crippen LogP contribution in [0.25, 0.3) is 11.3 Å². The smallest absolute Gasteiger partial charge is 0.261 e. The minimum atomic E-state index is -0.305. The Morgan fingerprint density at radius 1 is 1.00 bits per heavy atom. The highest BCUT2D eigenvalue weighted by molar-refractivity contribution is 6.09. The number of aromatic nitrogens is 1. The number of benzene rings is 2. The summed E-state index contributed by atoms with van der Waals surface area (Å²) in [6.45, 7) is 6.91. The van der Waals surface area contributed by atoms with Gasteiger partial charge in [-0.25, -0.2) is 0 Å². The lowest BCUT2D eigenvalue weighted by Crippen LogP contribution is -2.30. The molecule has 1 N–H and O–H groups in total. The lowest BCUT2D eigenvalue weighted by Gasteiger charge is -2.18. The van der Waals surface area contributed by atoms with Crippen molar-refractivity contribution < 1.29 is 14.1 Å². The Morgan fingerprint density at radius 3 is 2.25 bits per heavy atom. The van der Waals surface area contributed by atoms with Crippen LogP contribution >= 0.6 is 0 Å². The van der Waals surface area contributed by atoms with Crippen LogP contribution in [0.4, 0.5) is 5.69 Å². The SMILES string of the molecule is CCN(CC)C(=O)c1ccc(NC(=O)c2c(-c3ccccc3)noc2C)cc1. The van der Waals surface area contributed by atoms with Crippen LogP contribution in [-0.4, -0.2) is 35.0 Å². The van der Waals surface area contributed by atoms with Crippen LogP contribution in [-0.2, 0) is 0 Å². The summed E-state index contributed by atoms with van der Waals surface area (Å²) in [5.74, 6) is 0.120. The zero-order valence-electron chi connectivity index (χ0n) is 16.2. The van der Waals surface area contributed by atoms with E-state index in [1.54, 1.807) is 36.1 Å². The summed E-state index contributed by atoms with van der Waals surface area (Å²) in [4.78, 5) is 27.0. The molecule has 0 spiro atoms. The summed E-state index contributed by atoms with van der Waals surface area (Å²) in [6, 6.07) is 16.3. The number of hydrogen-bond donors (Lipinski definition) is 1. The van der Waals surface area contributed by atoms with E-state index < -0.39 is 0 Å². The van der Waals surface area contributed by atoms with Gasteiger partial charge in [0.25, 0.3) is 11.8 Å². The molecule has 6 heteroatoms. The van der Waals surface area contributed by atoms with Crippen molar-refractivity contribution in [2.75, 3.05) is 18.4 Å². The number of amides is 2. The van der Waals surface area contributed by atoms with Gasteiger partial charge in [-0.3, -0.25) is 9.59 Å². The number of hydrogen-bond acceptors (Lipinski definition) is 4. The van der Waals surface area contributed by atoms with Crippen LogP contribution in [0.1, 0.15) is 40.3 Å². The lowest BCUT2D eigenvalue weighted by atomic mass is 10.1. The van der Waals surface area contributed by atoms with Crippen molar-refractivity contribution in [3.05, 3.63) is 71.5 Å². The van der Waals surface area contributed by atoms with E-state index in [2.05, 4.69) is 10.5 Å². The number of nitrogens with one attached hydrogen (secondary N) is 1. The van der Waals surface area contributed by atoms with Crippen molar-refractivity contribution >= 4 is 17.5 Å². The van der Waals surface area contributed by atoms with Crippen LogP contribution in [0, 0.1) is 6.92 Å². The number of rotatable bonds is 6. The molecule has 144 valence electrons. The molecule has 0 aliphatic carbocycles. The topological polar surface area (TPSA) is 75.4 Å². The molecule has 28 heavy (non-hydrogen) atoms. The summed E-state index contributed by atoms with van der Waals surface area (Å²) < 4.78 is 5.25. The first-order valence-corrected chi connectivity index (χ1v) is 9.27. The van der Waals surface area contributed by atoms with Gasteiger partial charge in [-0.1, -0.05) is 35.5 Å². The largest absolute Gasteiger partial charge is 0.360 e. The number of nitrogens with zero attached hydrogens (tertiary/aromatic N) is 2. The molecule has 2 aromatic carbocycles. The second kappa shape index (κ2) is 8.52. The summed E-state index contributed by atoms with van der Waals surface area (Å²) in [6.07, 6.45) is 0. The van der Waals surface area contributed by atoms with Crippen molar-refractivity contribution in [3.8, 4) is 11.3 Å². The maximum Gasteiger partial charge on any atom is 0.261 e. The standard InChI is InChI=1S/C22H23N3O3/c1-4-25(5-2)22(27)17-11-13-18(14-12-17)23-21(26)19-15(3)28-24-20(19)16-9-7-6-8-10-16/h6-14H,4-5H2,1-3H3,(H,23,26). The molecule has 0 fully saturated rings. The molecule has 2 amide bonds. The second-order valence-electron chi connectivity index (χ2n) is 6.34. The van der Waals surface area contributed by atoms with Crippen LogP contribution in [0.3, 0.4) is 0 Å². The van der Waals surface area contributed by atoms with Crippen molar-refractivity contribution in [3.63, 3.8) is 0 Å². The molecular weight excluding hydrogens is 354 g/mol. The van der Waals surface area contributed by atoms with E-state index in [1.165, 1.54) is 0 Å². The summed E-state index contributed by atoms with van der Waals surface area (Å²) >= 11 is 0. The first kappa shape index (κ1) is 19.4. The van der Waals surface area contributed by atoms with E-state index in [4.69, 9.17) is 4.52 Å². The number of aryl methyl sites for hydroxylation is 1. The predicted octanol–water partition coefficient (Wildman–Crippen LogP) is 4.38. The van der Waals surface area contributed by atoms with Crippen LogP contribution in [0.5, 0.6) is 0 Å². The van der Waals surface area contributed by atoms with Crippen molar-refractivity contribution in [1.82, 2.24) is 10.1 Å². The molecule has 0 saturated carbocycles. The third-order valence-corrected chi connectivity index (χ3v) is 4.58. The molecule has 0 saturated heterocycles. The molecule has 0 aliphatic heterocycles. The van der Waals surface area contributed by atoms with Crippen LogP contribution < -0.4 is 5.32 Å². The van der Waals surface area contributed by atoms with E-state index >= 15 is 0 Å². The number of carbonyl (C=O) groups is 2. The number of carbonyl (C=O) groups excluding carboxylic acids is 2. The molecule has 0 atom stereocenters. The Kier molecular flexibility index (Phi) is 5.89. The molecule has 1 aromatic heterocycles. The van der Waals surface area contributed by atoms with Gasteiger partial charge in [-0.05, 0) is 45.0 Å². The third kappa shape index (κ3) is 3.96. The van der Waals surface area contributed by atoms with Crippen molar-refractivity contribution in [2.24, 2.45) is 0 Å². The van der Waals surface area contributed by atoms with Gasteiger partial charge in [0.15, 0.2) is 0 Å².